The van der Waals surface area contributed by atoms with E-state index in [0.29, 0.717) is 26.4 Å². The first kappa shape index (κ1) is 20.3. The van der Waals surface area contributed by atoms with Gasteiger partial charge in [0.05, 0.1) is 6.61 Å². The van der Waals surface area contributed by atoms with Crippen LogP contribution < -0.4 is 0 Å². The predicted octanol–water partition coefficient (Wildman–Crippen LogP) is 4.52. The number of hydrogen-bond acceptors (Lipinski definition) is 5. The van der Waals surface area contributed by atoms with Crippen LogP contribution in [0.3, 0.4) is 0 Å². The van der Waals surface area contributed by atoms with E-state index in [-0.39, 0.29) is 25.2 Å². The number of ether oxygens (including phenoxy) is 2. The zero-order valence-corrected chi connectivity index (χ0v) is 17.4. The van der Waals surface area contributed by atoms with Gasteiger partial charge in [0, 0.05) is 35.3 Å². The molecule has 2 aromatic rings. The zero-order valence-electron chi connectivity index (χ0n) is 16.6. The predicted molar refractivity (Wildman–Crippen MR) is 109 cm³/mol. The molecule has 1 aliphatic carbocycles. The maximum absolute atomic E-state index is 14.3. The molecule has 1 saturated heterocycles. The van der Waals surface area contributed by atoms with E-state index < -0.39 is 11.8 Å². The van der Waals surface area contributed by atoms with Crippen molar-refractivity contribution < 1.29 is 23.5 Å². The molecule has 2 aliphatic rings. The summed E-state index contributed by atoms with van der Waals surface area (Å²) >= 11 is 1.17. The number of amides is 1. The Balaban J connectivity index is 1.47. The average Bonchev–Trinajstić information content (AvgIpc) is 3.11. The molecule has 2 fully saturated rings. The first-order valence-corrected chi connectivity index (χ1v) is 11.1. The maximum atomic E-state index is 14.3. The molecular weight excluding hydrogens is 393 g/mol. The molecule has 1 aliphatic heterocycles. The summed E-state index contributed by atoms with van der Waals surface area (Å²) in [5.41, 5.74) is 0.480. The monoisotopic (exact) mass is 419 g/mol. The number of methoxy groups -OCH3 is 1. The summed E-state index contributed by atoms with van der Waals surface area (Å²) in [6.07, 6.45) is 6.80. The van der Waals surface area contributed by atoms with Crippen molar-refractivity contribution in [2.24, 2.45) is 5.92 Å². The highest BCUT2D eigenvalue weighted by Crippen LogP contribution is 2.36. The molecule has 0 radical (unpaired) electrons. The van der Waals surface area contributed by atoms with Crippen LogP contribution in [0.1, 0.15) is 53.8 Å². The van der Waals surface area contributed by atoms with Gasteiger partial charge in [0.1, 0.15) is 10.7 Å². The lowest BCUT2D eigenvalue weighted by atomic mass is 9.78. The molecule has 29 heavy (non-hydrogen) atoms. The Bertz CT molecular complexity index is 910. The van der Waals surface area contributed by atoms with E-state index in [1.807, 2.05) is 4.90 Å². The van der Waals surface area contributed by atoms with Gasteiger partial charge in [-0.25, -0.2) is 9.18 Å². The van der Waals surface area contributed by atoms with Gasteiger partial charge in [-0.05, 0) is 43.7 Å². The van der Waals surface area contributed by atoms with Gasteiger partial charge in [0.25, 0.3) is 5.91 Å². The lowest BCUT2D eigenvalue weighted by Gasteiger charge is -2.44. The van der Waals surface area contributed by atoms with Gasteiger partial charge in [-0.2, -0.15) is 0 Å². The van der Waals surface area contributed by atoms with Crippen molar-refractivity contribution in [2.45, 2.75) is 51.2 Å². The van der Waals surface area contributed by atoms with Gasteiger partial charge in [0.15, 0.2) is 6.61 Å². The number of rotatable bonds is 5. The Labute approximate surface area is 173 Å². The molecule has 156 valence electrons. The summed E-state index contributed by atoms with van der Waals surface area (Å²) in [5, 5.41) is 0.388. The molecule has 1 aromatic heterocycles. The average molecular weight is 420 g/mol. The lowest BCUT2D eigenvalue weighted by molar-refractivity contribution is -0.140. The van der Waals surface area contributed by atoms with Crippen molar-refractivity contribution in [3.05, 3.63) is 34.5 Å². The van der Waals surface area contributed by atoms with Crippen LogP contribution in [-0.4, -0.2) is 43.1 Å². The minimum Gasteiger partial charge on any atom is -0.451 e. The second kappa shape index (κ2) is 8.79. The second-order valence-electron chi connectivity index (χ2n) is 7.87. The number of thiophene rings is 1. The van der Waals surface area contributed by atoms with Crippen LogP contribution in [0.5, 0.6) is 0 Å². The van der Waals surface area contributed by atoms with Crippen molar-refractivity contribution in [3.63, 3.8) is 0 Å². The summed E-state index contributed by atoms with van der Waals surface area (Å²) in [5.74, 6) is -0.535. The molecular formula is C22H26FNO4S. The third kappa shape index (κ3) is 4.03. The van der Waals surface area contributed by atoms with Crippen molar-refractivity contribution in [1.29, 1.82) is 0 Å². The number of carbonyl (C=O) groups is 2. The minimum atomic E-state index is -0.594. The number of piperidine rings is 1. The Morgan fingerprint density at radius 2 is 2.00 bits per heavy atom. The summed E-state index contributed by atoms with van der Waals surface area (Å²) in [7, 11) is 1.50. The smallest absolute Gasteiger partial charge is 0.349 e. The molecule has 0 spiro atoms. The summed E-state index contributed by atoms with van der Waals surface area (Å²) < 4.78 is 25.5. The fourth-order valence-electron chi connectivity index (χ4n) is 4.82. The number of fused-ring (bicyclic) bond motifs is 2. The zero-order chi connectivity index (χ0) is 20.4. The summed E-state index contributed by atoms with van der Waals surface area (Å²) in [4.78, 5) is 27.7. The van der Waals surface area contributed by atoms with Gasteiger partial charge < -0.3 is 14.4 Å². The van der Waals surface area contributed by atoms with E-state index in [0.717, 1.165) is 25.8 Å². The van der Waals surface area contributed by atoms with Crippen LogP contribution in [0.25, 0.3) is 10.1 Å². The highest BCUT2D eigenvalue weighted by Gasteiger charge is 2.36. The topological polar surface area (TPSA) is 55.8 Å². The van der Waals surface area contributed by atoms with E-state index >= 15 is 0 Å². The summed E-state index contributed by atoms with van der Waals surface area (Å²) in [6.45, 7) is 0.570. The van der Waals surface area contributed by atoms with Crippen LogP contribution in [0, 0.1) is 11.7 Å². The van der Waals surface area contributed by atoms with Crippen molar-refractivity contribution in [1.82, 2.24) is 4.90 Å². The van der Waals surface area contributed by atoms with Gasteiger partial charge in [0.2, 0.25) is 0 Å². The van der Waals surface area contributed by atoms with Gasteiger partial charge in [-0.3, -0.25) is 4.79 Å². The molecule has 2 heterocycles. The van der Waals surface area contributed by atoms with Crippen LogP contribution in [0.15, 0.2) is 18.2 Å². The molecule has 1 aromatic carbocycles. The van der Waals surface area contributed by atoms with E-state index in [4.69, 9.17) is 9.47 Å². The van der Waals surface area contributed by atoms with E-state index in [9.17, 15) is 14.0 Å². The summed E-state index contributed by atoms with van der Waals surface area (Å²) in [6, 6.07) is 5.02. The Hall–Kier alpha value is -1.99. The SMILES string of the molecule is COCc1c(C(=O)OCC(=O)N2CCC[C@@H]3CCCC[C@@H]32)sc2cccc(F)c12. The van der Waals surface area contributed by atoms with Gasteiger partial charge in [-0.15, -0.1) is 11.3 Å². The number of nitrogens with zero attached hydrogens (tertiary/aromatic N) is 1. The molecule has 5 nitrogen and oxygen atoms in total. The largest absolute Gasteiger partial charge is 0.451 e. The number of benzene rings is 1. The molecule has 7 heteroatoms. The lowest BCUT2D eigenvalue weighted by Crippen LogP contribution is -2.50. The number of halogens is 1. The van der Waals surface area contributed by atoms with Crippen molar-refractivity contribution in [2.75, 3.05) is 20.3 Å². The Kier molecular flexibility index (Phi) is 6.15. The maximum Gasteiger partial charge on any atom is 0.349 e. The molecule has 0 unspecified atom stereocenters. The van der Waals surface area contributed by atoms with Crippen LogP contribution in [0.4, 0.5) is 4.39 Å². The van der Waals surface area contributed by atoms with Gasteiger partial charge in [-0.1, -0.05) is 18.9 Å². The standard InChI is InChI=1S/C22H26FNO4S/c1-27-12-15-20-16(23)8-4-10-18(20)29-21(15)22(26)28-13-19(25)24-11-5-7-14-6-2-3-9-17(14)24/h4,8,10,14,17H,2-3,5-7,9,11-13H2,1H3/t14-,17-/m0/s1. The van der Waals surface area contributed by atoms with E-state index in [1.54, 1.807) is 12.1 Å². The highest BCUT2D eigenvalue weighted by atomic mass is 32.1. The quantitative estimate of drug-likeness (QED) is 0.669. The highest BCUT2D eigenvalue weighted by molar-refractivity contribution is 7.21. The molecule has 0 bridgehead atoms. The van der Waals surface area contributed by atoms with Crippen LogP contribution >= 0.6 is 11.3 Å². The number of carbonyl (C=O) groups excluding carboxylic acids is 2. The fourth-order valence-corrected chi connectivity index (χ4v) is 5.94. The van der Waals surface area contributed by atoms with Crippen LogP contribution in [0.2, 0.25) is 0 Å². The molecule has 1 amide bonds. The third-order valence-electron chi connectivity index (χ3n) is 6.13. The van der Waals surface area contributed by atoms with E-state index in [2.05, 4.69) is 0 Å². The van der Waals surface area contributed by atoms with Gasteiger partial charge >= 0.3 is 5.97 Å². The fraction of sp³-hybridized carbons (Fsp3) is 0.545. The van der Waals surface area contributed by atoms with Crippen molar-refractivity contribution >= 4 is 33.3 Å². The molecule has 1 saturated carbocycles. The van der Waals surface area contributed by atoms with Crippen LogP contribution in [-0.2, 0) is 20.9 Å². The minimum absolute atomic E-state index is 0.106. The van der Waals surface area contributed by atoms with Crippen molar-refractivity contribution in [3.8, 4) is 0 Å². The van der Waals surface area contributed by atoms with E-state index in [1.165, 1.54) is 43.8 Å². The second-order valence-corrected chi connectivity index (χ2v) is 8.93. The third-order valence-corrected chi connectivity index (χ3v) is 7.30. The first-order valence-electron chi connectivity index (χ1n) is 10.3. The normalized spacial score (nSPS) is 21.8. The molecule has 0 N–H and O–H groups in total. The Morgan fingerprint density at radius 1 is 1.21 bits per heavy atom. The molecule has 4 rings (SSSR count). The number of esters is 1. The Morgan fingerprint density at radius 3 is 2.83 bits per heavy atom. The first-order chi connectivity index (χ1) is 14.1. The number of hydrogen-bond donors (Lipinski definition) is 0. The number of likely N-dealkylation sites (tertiary alicyclic amines) is 1. The molecule has 2 atom stereocenters.